The number of carbonyl (C=O) groups is 1. The molecule has 1 N–H and O–H groups in total. The Kier molecular flexibility index (Phi) is 3.44. The first-order chi connectivity index (χ1) is 9.65. The molecule has 1 unspecified atom stereocenters. The Morgan fingerprint density at radius 2 is 2.30 bits per heavy atom. The number of rotatable bonds is 3. The molecule has 0 radical (unpaired) electrons. The van der Waals surface area contributed by atoms with Gasteiger partial charge in [-0.2, -0.15) is 0 Å². The molecule has 0 aromatic carbocycles. The molecule has 5 heteroatoms. The normalized spacial score (nSPS) is 20.4. The van der Waals surface area contributed by atoms with E-state index in [-0.39, 0.29) is 0 Å². The van der Waals surface area contributed by atoms with Gasteiger partial charge in [-0.25, -0.2) is 9.78 Å². The van der Waals surface area contributed by atoms with Crippen molar-refractivity contribution in [2.24, 2.45) is 0 Å². The topological polar surface area (TPSA) is 57.8 Å². The minimum absolute atomic E-state index is 0.300. The van der Waals surface area contributed by atoms with Gasteiger partial charge in [-0.05, 0) is 38.6 Å². The number of pyridine rings is 1. The molecule has 1 atom stereocenters. The zero-order valence-electron chi connectivity index (χ0n) is 11.6. The first-order valence-electron chi connectivity index (χ1n) is 7.04. The highest BCUT2D eigenvalue weighted by Gasteiger charge is 2.21. The number of likely N-dealkylation sites (N-methyl/N-ethyl adjacent to an activating group) is 1. The number of aromatic carboxylic acids is 1. The highest BCUT2D eigenvalue weighted by Crippen LogP contribution is 2.19. The second-order valence-corrected chi connectivity index (χ2v) is 5.53. The monoisotopic (exact) mass is 273 g/mol. The van der Waals surface area contributed by atoms with Gasteiger partial charge in [0.05, 0.1) is 17.3 Å². The van der Waals surface area contributed by atoms with Crippen LogP contribution in [0.5, 0.6) is 0 Å². The van der Waals surface area contributed by atoms with Gasteiger partial charge in [0.15, 0.2) is 0 Å². The first kappa shape index (κ1) is 13.1. The zero-order chi connectivity index (χ0) is 14.1. The summed E-state index contributed by atoms with van der Waals surface area (Å²) in [4.78, 5) is 17.9. The van der Waals surface area contributed by atoms with Gasteiger partial charge in [-0.1, -0.05) is 6.42 Å². The van der Waals surface area contributed by atoms with E-state index >= 15 is 0 Å². The van der Waals surface area contributed by atoms with Crippen molar-refractivity contribution in [3.8, 4) is 0 Å². The number of piperidine rings is 1. The summed E-state index contributed by atoms with van der Waals surface area (Å²) >= 11 is 0. The van der Waals surface area contributed by atoms with Crippen molar-refractivity contribution in [2.45, 2.75) is 31.7 Å². The lowest BCUT2D eigenvalue weighted by atomic mass is 10.00. The molecule has 20 heavy (non-hydrogen) atoms. The van der Waals surface area contributed by atoms with E-state index in [0.717, 1.165) is 24.3 Å². The fourth-order valence-corrected chi connectivity index (χ4v) is 2.93. The summed E-state index contributed by atoms with van der Waals surface area (Å²) < 4.78 is 1.91. The van der Waals surface area contributed by atoms with E-state index in [1.807, 2.05) is 16.7 Å². The van der Waals surface area contributed by atoms with Crippen molar-refractivity contribution in [1.29, 1.82) is 0 Å². The highest BCUT2D eigenvalue weighted by molar-refractivity contribution is 5.87. The van der Waals surface area contributed by atoms with Crippen LogP contribution in [0.4, 0.5) is 0 Å². The van der Waals surface area contributed by atoms with Crippen LogP contribution in [-0.4, -0.2) is 45.0 Å². The van der Waals surface area contributed by atoms with E-state index in [1.165, 1.54) is 19.3 Å². The van der Waals surface area contributed by atoms with E-state index in [1.54, 1.807) is 12.3 Å². The molecule has 1 aliphatic rings. The first-order valence-corrected chi connectivity index (χ1v) is 7.04. The number of likely N-dealkylation sites (tertiary alicyclic amines) is 1. The average Bonchev–Trinajstić information content (AvgIpc) is 2.84. The molecule has 1 saturated heterocycles. The van der Waals surface area contributed by atoms with E-state index in [4.69, 9.17) is 5.11 Å². The number of hydrogen-bond acceptors (Lipinski definition) is 3. The van der Waals surface area contributed by atoms with Crippen molar-refractivity contribution >= 4 is 11.5 Å². The molecule has 2 aromatic rings. The third kappa shape index (κ3) is 2.41. The minimum atomic E-state index is -0.902. The van der Waals surface area contributed by atoms with Crippen molar-refractivity contribution in [3.05, 3.63) is 35.9 Å². The van der Waals surface area contributed by atoms with Crippen molar-refractivity contribution in [1.82, 2.24) is 14.3 Å². The lowest BCUT2D eigenvalue weighted by Crippen LogP contribution is -2.38. The molecule has 0 spiro atoms. The summed E-state index contributed by atoms with van der Waals surface area (Å²) in [5, 5.41) is 9.09. The summed E-state index contributed by atoms with van der Waals surface area (Å²) in [5.74, 6) is 0.0446. The molecule has 0 amide bonds. The van der Waals surface area contributed by atoms with Crippen LogP contribution < -0.4 is 0 Å². The molecule has 0 saturated carbocycles. The predicted octanol–water partition coefficient (Wildman–Crippen LogP) is 2.06. The Morgan fingerprint density at radius 3 is 3.05 bits per heavy atom. The lowest BCUT2D eigenvalue weighted by molar-refractivity contribution is 0.0696. The molecule has 106 valence electrons. The summed E-state index contributed by atoms with van der Waals surface area (Å²) in [6.45, 7) is 1.13. The fourth-order valence-electron chi connectivity index (χ4n) is 2.93. The van der Waals surface area contributed by atoms with Crippen LogP contribution in [0, 0.1) is 0 Å². The number of fused-ring (bicyclic) bond motifs is 1. The molecule has 2 aromatic heterocycles. The Balaban J connectivity index is 1.90. The second kappa shape index (κ2) is 5.25. The van der Waals surface area contributed by atoms with E-state index in [9.17, 15) is 4.79 Å². The van der Waals surface area contributed by atoms with E-state index in [2.05, 4.69) is 16.9 Å². The second-order valence-electron chi connectivity index (χ2n) is 5.53. The van der Waals surface area contributed by atoms with Crippen LogP contribution in [0.2, 0.25) is 0 Å². The minimum Gasteiger partial charge on any atom is -0.478 e. The summed E-state index contributed by atoms with van der Waals surface area (Å²) in [5.41, 5.74) is 1.25. The molecule has 1 fully saturated rings. The van der Waals surface area contributed by atoms with Gasteiger partial charge in [0.1, 0.15) is 5.82 Å². The van der Waals surface area contributed by atoms with Gasteiger partial charge >= 0.3 is 5.97 Å². The zero-order valence-corrected chi connectivity index (χ0v) is 11.6. The van der Waals surface area contributed by atoms with Crippen molar-refractivity contribution in [2.75, 3.05) is 13.6 Å². The smallest absolute Gasteiger partial charge is 0.337 e. The summed E-state index contributed by atoms with van der Waals surface area (Å²) in [6, 6.07) is 3.93. The molecular formula is C15H19N3O2. The van der Waals surface area contributed by atoms with Crippen molar-refractivity contribution in [3.63, 3.8) is 0 Å². The van der Waals surface area contributed by atoms with Gasteiger partial charge in [-0.15, -0.1) is 0 Å². The summed E-state index contributed by atoms with van der Waals surface area (Å²) in [7, 11) is 2.16. The number of imidazole rings is 1. The Bertz CT molecular complexity index is 635. The van der Waals surface area contributed by atoms with Gasteiger partial charge in [0.2, 0.25) is 0 Å². The van der Waals surface area contributed by atoms with Crippen molar-refractivity contribution < 1.29 is 9.90 Å². The van der Waals surface area contributed by atoms with Crippen LogP contribution in [0.25, 0.3) is 5.52 Å². The van der Waals surface area contributed by atoms with E-state index < -0.39 is 5.97 Å². The Hall–Kier alpha value is -1.88. The molecule has 0 bridgehead atoms. The molecule has 3 heterocycles. The quantitative estimate of drug-likeness (QED) is 0.930. The van der Waals surface area contributed by atoms with E-state index in [0.29, 0.717) is 11.6 Å². The van der Waals surface area contributed by atoms with Crippen LogP contribution in [0.15, 0.2) is 24.5 Å². The highest BCUT2D eigenvalue weighted by atomic mass is 16.4. The standard InChI is InChI=1S/C15H19N3O2/c1-17-7-3-2-4-12(17)8-14-16-9-13-6-5-11(15(19)20)10-18(13)14/h5-6,9-10,12H,2-4,7-8H2,1H3,(H,19,20). The fraction of sp³-hybridized carbons (Fsp3) is 0.467. The molecular weight excluding hydrogens is 254 g/mol. The number of carboxylic acid groups (broad SMARTS) is 1. The maximum atomic E-state index is 11.1. The number of carboxylic acids is 1. The maximum absolute atomic E-state index is 11.1. The molecule has 0 aliphatic carbocycles. The third-order valence-corrected chi connectivity index (χ3v) is 4.19. The van der Waals surface area contributed by atoms with Crippen LogP contribution in [0.3, 0.4) is 0 Å². The van der Waals surface area contributed by atoms with Crippen LogP contribution >= 0.6 is 0 Å². The lowest BCUT2D eigenvalue weighted by Gasteiger charge is -2.32. The van der Waals surface area contributed by atoms with Crippen LogP contribution in [-0.2, 0) is 6.42 Å². The maximum Gasteiger partial charge on any atom is 0.337 e. The average molecular weight is 273 g/mol. The van der Waals surface area contributed by atoms with Gasteiger partial charge in [0.25, 0.3) is 0 Å². The van der Waals surface area contributed by atoms with Gasteiger partial charge in [0, 0.05) is 18.7 Å². The van der Waals surface area contributed by atoms with Crippen LogP contribution in [0.1, 0.15) is 35.4 Å². The number of hydrogen-bond donors (Lipinski definition) is 1. The summed E-state index contributed by atoms with van der Waals surface area (Å²) in [6.07, 6.45) is 8.06. The van der Waals surface area contributed by atoms with Gasteiger partial charge < -0.3 is 14.4 Å². The molecule has 3 rings (SSSR count). The number of aromatic nitrogens is 2. The third-order valence-electron chi connectivity index (χ3n) is 4.19. The number of nitrogens with zero attached hydrogens (tertiary/aromatic N) is 3. The Morgan fingerprint density at radius 1 is 1.45 bits per heavy atom. The molecule has 5 nitrogen and oxygen atoms in total. The Labute approximate surface area is 117 Å². The molecule has 1 aliphatic heterocycles. The largest absolute Gasteiger partial charge is 0.478 e. The SMILES string of the molecule is CN1CCCCC1Cc1ncc2ccc(C(=O)O)cn12. The van der Waals surface area contributed by atoms with Gasteiger partial charge in [-0.3, -0.25) is 0 Å². The predicted molar refractivity (Wildman–Crippen MR) is 76.1 cm³/mol.